The molecule has 3 heteroatoms. The van der Waals surface area contributed by atoms with E-state index in [4.69, 9.17) is 0 Å². The summed E-state index contributed by atoms with van der Waals surface area (Å²) in [6, 6.07) is 72.7. The van der Waals surface area contributed by atoms with Crippen molar-refractivity contribution in [3.05, 3.63) is 212 Å². The molecule has 0 aromatic heterocycles. The zero-order chi connectivity index (χ0) is 33.0. The van der Waals surface area contributed by atoms with Crippen molar-refractivity contribution >= 4 is 58.7 Å². The van der Waals surface area contributed by atoms with Crippen molar-refractivity contribution in [3.63, 3.8) is 0 Å². The van der Waals surface area contributed by atoms with Gasteiger partial charge in [-0.05, 0) is 0 Å². The first-order valence-corrected chi connectivity index (χ1v) is 20.8. The summed E-state index contributed by atoms with van der Waals surface area (Å²) in [6.45, 7) is 0. The molecule has 0 aliphatic rings. The van der Waals surface area contributed by atoms with E-state index in [1.807, 2.05) is 12.1 Å². The fraction of sp³-hybridized carbons (Fsp3) is 0. The van der Waals surface area contributed by atoms with Crippen LogP contribution >= 0.6 is 0 Å². The van der Waals surface area contributed by atoms with Gasteiger partial charge in [0.15, 0.2) is 0 Å². The molecule has 0 bridgehead atoms. The average molecular weight is 692 g/mol. The molecule has 8 aromatic rings. The van der Waals surface area contributed by atoms with Crippen molar-refractivity contribution in [3.8, 4) is 11.1 Å². The number of nitrogens with zero attached hydrogens (tertiary/aromatic N) is 1. The van der Waals surface area contributed by atoms with Crippen molar-refractivity contribution in [2.45, 2.75) is 0 Å². The van der Waals surface area contributed by atoms with Crippen LogP contribution in [0.15, 0.2) is 206 Å². The Balaban J connectivity index is 1.21. The average Bonchev–Trinajstić information content (AvgIpc) is 3.18. The molecule has 0 atom stereocenters. The minimum absolute atomic E-state index is 0.250. The zero-order valence-corrected chi connectivity index (χ0v) is 29.1. The Kier molecular flexibility index (Phi) is 8.39. The summed E-state index contributed by atoms with van der Waals surface area (Å²) in [6.07, 6.45) is 0. The van der Waals surface area contributed by atoms with Gasteiger partial charge in [-0.15, -0.1) is 0 Å². The van der Waals surface area contributed by atoms with E-state index in [9.17, 15) is 4.39 Å². The monoisotopic (exact) mass is 693 g/mol. The van der Waals surface area contributed by atoms with Crippen LogP contribution in [0.1, 0.15) is 0 Å². The maximum atomic E-state index is 14.0. The van der Waals surface area contributed by atoms with Crippen LogP contribution in [0.5, 0.6) is 0 Å². The van der Waals surface area contributed by atoms with Gasteiger partial charge in [-0.2, -0.15) is 0 Å². The van der Waals surface area contributed by atoms with Crippen molar-refractivity contribution in [2.24, 2.45) is 0 Å². The van der Waals surface area contributed by atoms with Gasteiger partial charge < -0.3 is 0 Å². The van der Waals surface area contributed by atoms with Gasteiger partial charge in [-0.3, -0.25) is 0 Å². The normalized spacial score (nSPS) is 11.4. The number of fused-ring (bicyclic) bond motifs is 1. The molecular weight excluding hydrogens is 658 g/mol. The van der Waals surface area contributed by atoms with Crippen LogP contribution in [-0.2, 0) is 0 Å². The van der Waals surface area contributed by atoms with Gasteiger partial charge in [0.1, 0.15) is 5.82 Å². The Labute approximate surface area is 289 Å². The van der Waals surface area contributed by atoms with E-state index in [1.165, 1.54) is 35.3 Å². The molecule has 8 rings (SSSR count). The van der Waals surface area contributed by atoms with Gasteiger partial charge in [-0.1, -0.05) is 24.3 Å². The van der Waals surface area contributed by atoms with Crippen molar-refractivity contribution < 1.29 is 4.39 Å². The molecular formula is C46H34FGeN. The fourth-order valence-electron chi connectivity index (χ4n) is 7.20. The van der Waals surface area contributed by atoms with Crippen LogP contribution in [0.3, 0.4) is 0 Å². The quantitative estimate of drug-likeness (QED) is 0.144. The Morgan fingerprint density at radius 1 is 0.347 bits per heavy atom. The predicted octanol–water partition coefficient (Wildman–Crippen LogP) is 9.49. The first-order valence-electron chi connectivity index (χ1n) is 16.6. The molecule has 0 unspecified atom stereocenters. The van der Waals surface area contributed by atoms with Gasteiger partial charge in [0.25, 0.3) is 0 Å². The summed E-state index contributed by atoms with van der Waals surface area (Å²) in [5.74, 6) is -0.250. The van der Waals surface area contributed by atoms with E-state index >= 15 is 0 Å². The molecule has 49 heavy (non-hydrogen) atoms. The molecule has 0 radical (unpaired) electrons. The molecule has 0 N–H and O–H groups in total. The molecule has 0 aliphatic heterocycles. The van der Waals surface area contributed by atoms with Crippen LogP contribution in [0, 0.1) is 5.82 Å². The van der Waals surface area contributed by atoms with Crippen molar-refractivity contribution in [2.75, 3.05) is 4.90 Å². The molecule has 0 amide bonds. The molecule has 0 saturated heterocycles. The summed E-state index contributed by atoms with van der Waals surface area (Å²) < 4.78 is 19.6. The fourth-order valence-corrected chi connectivity index (χ4v) is 17.2. The van der Waals surface area contributed by atoms with Gasteiger partial charge in [0.05, 0.1) is 0 Å². The SMILES string of the molecule is Fc1ccc(N(c2ccc(-c3cc[c]([Ge]([c]4ccccc4)([c]4ccccc4)[c]4ccccc4)cc3)cc2)c2cccc3ccccc23)cc1. The van der Waals surface area contributed by atoms with Crippen LogP contribution in [-0.4, -0.2) is 13.3 Å². The van der Waals surface area contributed by atoms with E-state index in [0.717, 1.165) is 33.4 Å². The van der Waals surface area contributed by atoms with E-state index < -0.39 is 13.3 Å². The number of hydrogen-bond acceptors (Lipinski definition) is 1. The van der Waals surface area contributed by atoms with Gasteiger partial charge in [0.2, 0.25) is 0 Å². The molecule has 0 aliphatic carbocycles. The minimum atomic E-state index is -3.32. The first kappa shape index (κ1) is 30.6. The third kappa shape index (κ3) is 5.75. The topological polar surface area (TPSA) is 3.24 Å². The number of rotatable bonds is 8. The third-order valence-electron chi connectivity index (χ3n) is 9.49. The second-order valence-electron chi connectivity index (χ2n) is 12.3. The zero-order valence-electron chi connectivity index (χ0n) is 27.0. The number of halogens is 1. The van der Waals surface area contributed by atoms with Gasteiger partial charge in [0, 0.05) is 0 Å². The van der Waals surface area contributed by atoms with E-state index in [1.54, 1.807) is 0 Å². The molecule has 1 nitrogen and oxygen atoms in total. The van der Waals surface area contributed by atoms with E-state index in [2.05, 4.69) is 187 Å². The van der Waals surface area contributed by atoms with E-state index in [-0.39, 0.29) is 5.82 Å². The summed E-state index contributed by atoms with van der Waals surface area (Å²) in [5, 5.41) is 2.30. The van der Waals surface area contributed by atoms with E-state index in [0.29, 0.717) is 0 Å². The summed E-state index contributed by atoms with van der Waals surface area (Å²) in [7, 11) is 0. The predicted molar refractivity (Wildman–Crippen MR) is 208 cm³/mol. The second-order valence-corrected chi connectivity index (χ2v) is 20.3. The first-order chi connectivity index (χ1) is 24.2. The molecule has 234 valence electrons. The third-order valence-corrected chi connectivity index (χ3v) is 19.6. The number of anilines is 3. The Bertz CT molecular complexity index is 2200. The molecule has 0 saturated carbocycles. The number of hydrogen-bond donors (Lipinski definition) is 0. The Morgan fingerprint density at radius 3 is 1.29 bits per heavy atom. The molecule has 0 spiro atoms. The van der Waals surface area contributed by atoms with Crippen LogP contribution in [0.25, 0.3) is 21.9 Å². The summed E-state index contributed by atoms with van der Waals surface area (Å²) >= 11 is -3.32. The van der Waals surface area contributed by atoms with Gasteiger partial charge in [-0.25, -0.2) is 4.39 Å². The van der Waals surface area contributed by atoms with Crippen LogP contribution in [0.4, 0.5) is 21.5 Å². The molecule has 8 aromatic carbocycles. The Morgan fingerprint density at radius 2 is 0.755 bits per heavy atom. The van der Waals surface area contributed by atoms with Crippen LogP contribution in [0.2, 0.25) is 0 Å². The molecule has 0 fully saturated rings. The summed E-state index contributed by atoms with van der Waals surface area (Å²) in [4.78, 5) is 2.20. The second kappa shape index (κ2) is 13.4. The van der Waals surface area contributed by atoms with Crippen LogP contribution < -0.4 is 22.5 Å². The van der Waals surface area contributed by atoms with Gasteiger partial charge >= 0.3 is 257 Å². The maximum absolute atomic E-state index is 14.0. The standard InChI is InChI=1S/C46H34FGeN/c47-38-27-33-44(34-28-38)49(46-22-12-14-37-13-10-11-21-45(37)46)43-31-25-36(26-32-43)35-23-29-42(30-24-35)48(39-15-4-1-5-16-39,40-17-6-2-7-18-40)41-19-8-3-9-20-41/h1-34H. The van der Waals surface area contributed by atoms with Crippen molar-refractivity contribution in [1.29, 1.82) is 0 Å². The number of benzene rings is 8. The molecule has 0 heterocycles. The Hall–Kier alpha value is -5.71. The summed E-state index contributed by atoms with van der Waals surface area (Å²) in [5.41, 5.74) is 5.27. The van der Waals surface area contributed by atoms with Crippen molar-refractivity contribution in [1.82, 2.24) is 0 Å².